The van der Waals surface area contributed by atoms with Crippen molar-refractivity contribution < 1.29 is 9.47 Å². The molecule has 0 bridgehead atoms. The summed E-state index contributed by atoms with van der Waals surface area (Å²) < 4.78 is 10.7. The van der Waals surface area contributed by atoms with Gasteiger partial charge in [-0.15, -0.1) is 0 Å². The van der Waals surface area contributed by atoms with Crippen LogP contribution >= 0.6 is 0 Å². The van der Waals surface area contributed by atoms with Gasteiger partial charge in [0.25, 0.3) is 5.56 Å². The van der Waals surface area contributed by atoms with Crippen molar-refractivity contribution in [2.45, 2.75) is 20.0 Å². The number of H-pyrrole nitrogens is 1. The molecule has 0 radical (unpaired) electrons. The van der Waals surface area contributed by atoms with E-state index < -0.39 is 0 Å². The van der Waals surface area contributed by atoms with Gasteiger partial charge in [-0.05, 0) is 55.1 Å². The van der Waals surface area contributed by atoms with Gasteiger partial charge in [0.2, 0.25) is 0 Å². The number of aromatic amines is 1. The van der Waals surface area contributed by atoms with E-state index in [0.29, 0.717) is 16.9 Å². The van der Waals surface area contributed by atoms with Gasteiger partial charge < -0.3 is 24.7 Å². The lowest BCUT2D eigenvalue weighted by Gasteiger charge is -2.34. The molecule has 174 valence electrons. The molecule has 5 rings (SSSR count). The zero-order chi connectivity index (χ0) is 23.7. The van der Waals surface area contributed by atoms with Crippen molar-refractivity contribution in [1.82, 2.24) is 19.9 Å². The number of rotatable bonds is 5. The number of hydrogen-bond donors (Lipinski definition) is 2. The van der Waals surface area contributed by atoms with E-state index in [1.165, 1.54) is 12.8 Å². The normalized spacial score (nSPS) is 16.0. The van der Waals surface area contributed by atoms with Crippen molar-refractivity contribution in [3.8, 4) is 17.3 Å². The fourth-order valence-corrected chi connectivity index (χ4v) is 4.27. The Morgan fingerprint density at radius 3 is 2.76 bits per heavy atom. The molecule has 0 spiro atoms. The number of hydrogen-bond acceptors (Lipinski definition) is 8. The second kappa shape index (κ2) is 9.11. The van der Waals surface area contributed by atoms with Crippen molar-refractivity contribution in [2.24, 2.45) is 0 Å². The van der Waals surface area contributed by atoms with Crippen LogP contribution in [0.25, 0.3) is 22.0 Å². The summed E-state index contributed by atoms with van der Waals surface area (Å²) in [4.78, 5) is 30.9. The van der Waals surface area contributed by atoms with Gasteiger partial charge in [0.1, 0.15) is 5.82 Å². The van der Waals surface area contributed by atoms with E-state index in [9.17, 15) is 4.79 Å². The molecule has 1 atom stereocenters. The molecule has 2 N–H and O–H groups in total. The topological polar surface area (TPSA) is 105 Å². The lowest BCUT2D eigenvalue weighted by atomic mass is 10.1. The molecule has 0 saturated carbocycles. The van der Waals surface area contributed by atoms with E-state index in [4.69, 9.17) is 14.5 Å². The Morgan fingerprint density at radius 1 is 1.21 bits per heavy atom. The van der Waals surface area contributed by atoms with Crippen molar-refractivity contribution in [3.63, 3.8) is 0 Å². The van der Waals surface area contributed by atoms with Crippen LogP contribution in [0.5, 0.6) is 6.01 Å². The maximum Gasteiger partial charge on any atom is 0.316 e. The van der Waals surface area contributed by atoms with Gasteiger partial charge in [-0.3, -0.25) is 4.79 Å². The molecule has 0 unspecified atom stereocenters. The minimum atomic E-state index is -0.208. The number of morpholine rings is 1. The molecule has 9 nitrogen and oxygen atoms in total. The number of pyridine rings is 2. The third-order valence-corrected chi connectivity index (χ3v) is 5.90. The molecular formula is C25H26N6O3. The van der Waals surface area contributed by atoms with Crippen LogP contribution in [0.4, 0.5) is 17.2 Å². The first-order valence-corrected chi connectivity index (χ1v) is 11.1. The molecule has 1 saturated heterocycles. The molecule has 4 heterocycles. The van der Waals surface area contributed by atoms with Crippen LogP contribution in [0, 0.1) is 6.92 Å². The molecule has 0 aliphatic carbocycles. The molecular weight excluding hydrogens is 432 g/mol. The molecule has 34 heavy (non-hydrogen) atoms. The van der Waals surface area contributed by atoms with Crippen molar-refractivity contribution in [1.29, 1.82) is 0 Å². The number of anilines is 3. The average molecular weight is 459 g/mol. The zero-order valence-corrected chi connectivity index (χ0v) is 19.3. The van der Waals surface area contributed by atoms with Crippen molar-refractivity contribution >= 4 is 28.0 Å². The van der Waals surface area contributed by atoms with Gasteiger partial charge in [-0.2, -0.15) is 0 Å². The van der Waals surface area contributed by atoms with Gasteiger partial charge in [0.05, 0.1) is 30.9 Å². The third-order valence-electron chi connectivity index (χ3n) is 5.90. The Bertz CT molecular complexity index is 1390. The van der Waals surface area contributed by atoms with Crippen LogP contribution in [0.1, 0.15) is 12.5 Å². The molecule has 1 aromatic carbocycles. The van der Waals surface area contributed by atoms with E-state index in [1.54, 1.807) is 18.6 Å². The summed E-state index contributed by atoms with van der Waals surface area (Å²) in [6.45, 7) is 6.63. The van der Waals surface area contributed by atoms with E-state index >= 15 is 0 Å². The molecule has 0 amide bonds. The quantitative estimate of drug-likeness (QED) is 0.467. The number of benzene rings is 1. The van der Waals surface area contributed by atoms with E-state index in [0.717, 1.165) is 41.9 Å². The third kappa shape index (κ3) is 4.29. The van der Waals surface area contributed by atoms with Gasteiger partial charge in [0, 0.05) is 48.6 Å². The molecule has 4 aromatic rings. The van der Waals surface area contributed by atoms with Crippen LogP contribution in [0.15, 0.2) is 53.7 Å². The van der Waals surface area contributed by atoms with Gasteiger partial charge in [-0.25, -0.2) is 15.0 Å². The van der Waals surface area contributed by atoms with Crippen LogP contribution < -0.4 is 20.5 Å². The second-order valence-corrected chi connectivity index (χ2v) is 8.34. The lowest BCUT2D eigenvalue weighted by molar-refractivity contribution is 0.0532. The Morgan fingerprint density at radius 2 is 2.03 bits per heavy atom. The van der Waals surface area contributed by atoms with E-state index in [1.807, 2.05) is 18.2 Å². The molecule has 1 aliphatic heterocycles. The maximum atomic E-state index is 12.7. The highest BCUT2D eigenvalue weighted by molar-refractivity contribution is 5.95. The number of aromatic nitrogens is 4. The van der Waals surface area contributed by atoms with Crippen LogP contribution in [-0.2, 0) is 4.74 Å². The highest BCUT2D eigenvalue weighted by Crippen LogP contribution is 2.30. The predicted molar refractivity (Wildman–Crippen MR) is 132 cm³/mol. The summed E-state index contributed by atoms with van der Waals surface area (Å²) in [7, 11) is 1.52. The summed E-state index contributed by atoms with van der Waals surface area (Å²) in [5.74, 6) is 0.470. The lowest BCUT2D eigenvalue weighted by Crippen LogP contribution is -2.41. The van der Waals surface area contributed by atoms with Crippen molar-refractivity contribution in [3.05, 3.63) is 64.8 Å². The van der Waals surface area contributed by atoms with Gasteiger partial charge in [-0.1, -0.05) is 0 Å². The number of nitrogens with one attached hydrogen (secondary N) is 2. The largest absolute Gasteiger partial charge is 0.467 e. The van der Waals surface area contributed by atoms with Crippen molar-refractivity contribution in [2.75, 3.05) is 37.0 Å². The SMILES string of the molecule is COc1ncc(-c2cc3cc[nH]c(=O)c3c(Nc3ccc(N4CCO[C@@H](C)C4)c(C)c3)n2)cn1. The summed E-state index contributed by atoms with van der Waals surface area (Å²) >= 11 is 0. The van der Waals surface area contributed by atoms with Gasteiger partial charge >= 0.3 is 6.01 Å². The van der Waals surface area contributed by atoms with E-state index in [-0.39, 0.29) is 17.7 Å². The van der Waals surface area contributed by atoms with Gasteiger partial charge in [0.15, 0.2) is 0 Å². The van der Waals surface area contributed by atoms with E-state index in [2.05, 4.69) is 51.1 Å². The number of nitrogens with zero attached hydrogens (tertiary/aromatic N) is 4. The van der Waals surface area contributed by atoms with Crippen LogP contribution in [0.3, 0.4) is 0 Å². The highest BCUT2D eigenvalue weighted by Gasteiger charge is 2.19. The summed E-state index contributed by atoms with van der Waals surface area (Å²) in [5.41, 5.74) is 4.33. The Hall–Kier alpha value is -3.98. The standard InChI is InChI=1S/C25H26N6O3/c1-15-10-19(4-5-21(15)31-8-9-34-16(2)14-31)29-23-22-17(6-7-26-24(22)32)11-20(30-23)18-12-27-25(33-3)28-13-18/h4-7,10-13,16H,8-9,14H2,1-3H3,(H,26,32)(H,29,30)/t16-/m0/s1. The minimum absolute atomic E-state index is 0.206. The monoisotopic (exact) mass is 458 g/mol. The number of fused-ring (bicyclic) bond motifs is 1. The zero-order valence-electron chi connectivity index (χ0n) is 19.3. The summed E-state index contributed by atoms with van der Waals surface area (Å²) in [6.07, 6.45) is 5.14. The number of methoxy groups -OCH3 is 1. The first-order valence-electron chi connectivity index (χ1n) is 11.1. The first-order chi connectivity index (χ1) is 16.5. The maximum absolute atomic E-state index is 12.7. The average Bonchev–Trinajstić information content (AvgIpc) is 2.84. The summed E-state index contributed by atoms with van der Waals surface area (Å²) in [6, 6.07) is 10.2. The second-order valence-electron chi connectivity index (χ2n) is 8.34. The fraction of sp³-hybridized carbons (Fsp3) is 0.280. The smallest absolute Gasteiger partial charge is 0.316 e. The molecule has 1 fully saturated rings. The summed E-state index contributed by atoms with van der Waals surface area (Å²) in [5, 5.41) is 4.62. The fourth-order valence-electron chi connectivity index (χ4n) is 4.27. The predicted octanol–water partition coefficient (Wildman–Crippen LogP) is 3.67. The van der Waals surface area contributed by atoms with Crippen LogP contribution in [0.2, 0.25) is 0 Å². The first kappa shape index (κ1) is 21.8. The minimum Gasteiger partial charge on any atom is -0.467 e. The number of ether oxygens (including phenoxy) is 2. The van der Waals surface area contributed by atoms with Crippen LogP contribution in [-0.4, -0.2) is 52.8 Å². The Kier molecular flexibility index (Phi) is 5.85. The Labute approximate surface area is 196 Å². The Balaban J connectivity index is 1.52. The molecule has 3 aromatic heterocycles. The highest BCUT2D eigenvalue weighted by atomic mass is 16.5. The number of aryl methyl sites for hydroxylation is 1. The molecule has 1 aliphatic rings. The molecule has 9 heteroatoms.